The molecule has 0 atom stereocenters. The van der Waals surface area contributed by atoms with E-state index in [9.17, 15) is 5.26 Å². The van der Waals surface area contributed by atoms with Crippen LogP contribution >= 0.6 is 15.9 Å². The van der Waals surface area contributed by atoms with Gasteiger partial charge >= 0.3 is 0 Å². The molecule has 1 aromatic heterocycles. The number of halogens is 1. The van der Waals surface area contributed by atoms with Crippen molar-refractivity contribution in [3.8, 4) is 11.8 Å². The maximum atomic E-state index is 9.45. The second-order valence-corrected chi connectivity index (χ2v) is 5.73. The highest BCUT2D eigenvalue weighted by Gasteiger charge is 2.05. The first-order valence-electron chi connectivity index (χ1n) is 6.88. The van der Waals surface area contributed by atoms with Crippen LogP contribution in [0.25, 0.3) is 17.3 Å². The zero-order chi connectivity index (χ0) is 15.4. The summed E-state index contributed by atoms with van der Waals surface area (Å²) in [6, 6.07) is 24.1. The second kappa shape index (κ2) is 6.46. The zero-order valence-corrected chi connectivity index (χ0v) is 13.4. The first-order valence-corrected chi connectivity index (χ1v) is 7.68. The van der Waals surface area contributed by atoms with E-state index >= 15 is 0 Å². The largest absolute Gasteiger partial charge is 0.317 e. The normalized spacial score (nSPS) is 11.2. The summed E-state index contributed by atoms with van der Waals surface area (Å²) in [6.45, 7) is 0. The molecule has 0 unspecified atom stereocenters. The summed E-state index contributed by atoms with van der Waals surface area (Å²) in [7, 11) is 0. The molecule has 0 aliphatic carbocycles. The Balaban J connectivity index is 2.05. The molecule has 0 saturated heterocycles. The number of aromatic nitrogens is 1. The number of nitriles is 1. The van der Waals surface area contributed by atoms with Gasteiger partial charge in [0, 0.05) is 22.1 Å². The quantitative estimate of drug-likeness (QED) is 0.590. The molecular formula is C19H13BrN2. The Morgan fingerprint density at radius 1 is 1.00 bits per heavy atom. The van der Waals surface area contributed by atoms with E-state index in [0.717, 1.165) is 21.4 Å². The third-order valence-electron chi connectivity index (χ3n) is 3.36. The topological polar surface area (TPSA) is 28.7 Å². The molecule has 22 heavy (non-hydrogen) atoms. The number of hydrogen-bond acceptors (Lipinski definition) is 1. The lowest BCUT2D eigenvalue weighted by Gasteiger charge is -2.08. The fourth-order valence-corrected chi connectivity index (χ4v) is 2.71. The molecule has 0 N–H and O–H groups in total. The van der Waals surface area contributed by atoms with Crippen LogP contribution in [0.5, 0.6) is 0 Å². The molecule has 0 spiro atoms. The first-order chi connectivity index (χ1) is 10.8. The Labute approximate surface area is 138 Å². The molecule has 0 amide bonds. The summed E-state index contributed by atoms with van der Waals surface area (Å²) in [6.07, 6.45) is 3.91. The van der Waals surface area contributed by atoms with Crippen LogP contribution < -0.4 is 0 Å². The SMILES string of the molecule is N#CC(=Cc1cccn1-c1cccc(Br)c1)c1ccccc1. The lowest BCUT2D eigenvalue weighted by atomic mass is 10.1. The van der Waals surface area contributed by atoms with E-state index in [0.29, 0.717) is 5.57 Å². The molecule has 3 aromatic rings. The molecule has 0 bridgehead atoms. The maximum absolute atomic E-state index is 9.45. The molecule has 2 nitrogen and oxygen atoms in total. The van der Waals surface area contributed by atoms with E-state index in [2.05, 4.69) is 26.6 Å². The third-order valence-corrected chi connectivity index (χ3v) is 3.86. The average molecular weight is 349 g/mol. The molecular weight excluding hydrogens is 336 g/mol. The number of rotatable bonds is 3. The van der Waals surface area contributed by atoms with Gasteiger partial charge in [-0.3, -0.25) is 0 Å². The van der Waals surface area contributed by atoms with E-state index < -0.39 is 0 Å². The third kappa shape index (κ3) is 3.03. The van der Waals surface area contributed by atoms with Gasteiger partial charge in [0.05, 0.1) is 11.6 Å². The Kier molecular flexibility index (Phi) is 4.22. The highest BCUT2D eigenvalue weighted by Crippen LogP contribution is 2.22. The Morgan fingerprint density at radius 3 is 2.55 bits per heavy atom. The number of allylic oxidation sites excluding steroid dienone is 1. The highest BCUT2D eigenvalue weighted by atomic mass is 79.9. The van der Waals surface area contributed by atoms with Crippen molar-refractivity contribution in [1.29, 1.82) is 5.26 Å². The minimum Gasteiger partial charge on any atom is -0.317 e. The van der Waals surface area contributed by atoms with Gasteiger partial charge in [0.25, 0.3) is 0 Å². The van der Waals surface area contributed by atoms with Crippen molar-refractivity contribution in [1.82, 2.24) is 4.57 Å². The van der Waals surface area contributed by atoms with Crippen LogP contribution in [-0.2, 0) is 0 Å². The van der Waals surface area contributed by atoms with Crippen LogP contribution in [0.2, 0.25) is 0 Å². The van der Waals surface area contributed by atoms with Crippen LogP contribution in [0, 0.1) is 11.3 Å². The van der Waals surface area contributed by atoms with E-state index in [-0.39, 0.29) is 0 Å². The van der Waals surface area contributed by atoms with E-state index in [1.165, 1.54) is 0 Å². The van der Waals surface area contributed by atoms with E-state index in [1.54, 1.807) is 0 Å². The molecule has 0 radical (unpaired) electrons. The van der Waals surface area contributed by atoms with Gasteiger partial charge in [-0.1, -0.05) is 52.3 Å². The van der Waals surface area contributed by atoms with Crippen molar-refractivity contribution in [3.63, 3.8) is 0 Å². The molecule has 0 saturated carbocycles. The molecule has 3 rings (SSSR count). The Morgan fingerprint density at radius 2 is 1.82 bits per heavy atom. The molecule has 106 valence electrons. The molecule has 3 heteroatoms. The lowest BCUT2D eigenvalue weighted by Crippen LogP contribution is -1.95. The summed E-state index contributed by atoms with van der Waals surface area (Å²) in [4.78, 5) is 0. The van der Waals surface area contributed by atoms with E-state index in [4.69, 9.17) is 0 Å². The van der Waals surface area contributed by atoms with Gasteiger partial charge in [-0.25, -0.2) is 0 Å². The van der Waals surface area contributed by atoms with Gasteiger partial charge in [-0.2, -0.15) is 5.26 Å². The van der Waals surface area contributed by atoms with Gasteiger partial charge in [-0.05, 0) is 42.0 Å². The average Bonchev–Trinajstić information content (AvgIpc) is 3.01. The van der Waals surface area contributed by atoms with Gasteiger partial charge in [0.15, 0.2) is 0 Å². The van der Waals surface area contributed by atoms with Crippen molar-refractivity contribution in [2.45, 2.75) is 0 Å². The maximum Gasteiger partial charge on any atom is 0.0998 e. The van der Waals surface area contributed by atoms with Crippen LogP contribution in [0.4, 0.5) is 0 Å². The van der Waals surface area contributed by atoms with Crippen molar-refractivity contribution < 1.29 is 0 Å². The van der Waals surface area contributed by atoms with Gasteiger partial charge in [-0.15, -0.1) is 0 Å². The van der Waals surface area contributed by atoms with Crippen molar-refractivity contribution in [2.24, 2.45) is 0 Å². The summed E-state index contributed by atoms with van der Waals surface area (Å²) in [5.74, 6) is 0. The van der Waals surface area contributed by atoms with Crippen LogP contribution in [0.1, 0.15) is 11.3 Å². The molecule has 0 aliphatic rings. The zero-order valence-electron chi connectivity index (χ0n) is 11.8. The summed E-state index contributed by atoms with van der Waals surface area (Å²) in [5, 5.41) is 9.45. The number of nitrogens with zero attached hydrogens (tertiary/aromatic N) is 2. The van der Waals surface area contributed by atoms with Crippen molar-refractivity contribution in [3.05, 3.63) is 88.7 Å². The minimum atomic E-state index is 0.649. The second-order valence-electron chi connectivity index (χ2n) is 4.82. The molecule has 2 aromatic carbocycles. The lowest BCUT2D eigenvalue weighted by molar-refractivity contribution is 1.06. The minimum absolute atomic E-state index is 0.649. The van der Waals surface area contributed by atoms with Crippen LogP contribution in [0.15, 0.2) is 77.4 Å². The number of benzene rings is 2. The monoisotopic (exact) mass is 348 g/mol. The van der Waals surface area contributed by atoms with Crippen LogP contribution in [0.3, 0.4) is 0 Å². The highest BCUT2D eigenvalue weighted by molar-refractivity contribution is 9.10. The Hall–Kier alpha value is -2.57. The first kappa shape index (κ1) is 14.4. The predicted molar refractivity (Wildman–Crippen MR) is 93.4 cm³/mol. The summed E-state index contributed by atoms with van der Waals surface area (Å²) < 4.78 is 3.09. The van der Waals surface area contributed by atoms with Crippen molar-refractivity contribution >= 4 is 27.6 Å². The van der Waals surface area contributed by atoms with Gasteiger partial charge in [0.1, 0.15) is 0 Å². The summed E-state index contributed by atoms with van der Waals surface area (Å²) >= 11 is 3.49. The Bertz CT molecular complexity index is 854. The standard InChI is InChI=1S/C19H13BrN2/c20-17-8-4-9-19(13-17)22-11-5-10-18(22)12-16(14-21)15-6-2-1-3-7-15/h1-13H. The predicted octanol–water partition coefficient (Wildman–Crippen LogP) is 5.30. The van der Waals surface area contributed by atoms with E-state index in [1.807, 2.05) is 79.0 Å². The fourth-order valence-electron chi connectivity index (χ4n) is 2.32. The van der Waals surface area contributed by atoms with Crippen LogP contribution in [-0.4, -0.2) is 4.57 Å². The van der Waals surface area contributed by atoms with Gasteiger partial charge < -0.3 is 4.57 Å². The smallest absolute Gasteiger partial charge is 0.0998 e. The fraction of sp³-hybridized carbons (Fsp3) is 0. The molecule has 0 aliphatic heterocycles. The number of hydrogen-bond donors (Lipinski definition) is 0. The molecule has 1 heterocycles. The van der Waals surface area contributed by atoms with Crippen molar-refractivity contribution in [2.75, 3.05) is 0 Å². The molecule has 0 fully saturated rings. The van der Waals surface area contributed by atoms with Gasteiger partial charge in [0.2, 0.25) is 0 Å². The summed E-state index contributed by atoms with van der Waals surface area (Å²) in [5.41, 5.74) is 3.59.